The Morgan fingerprint density at radius 2 is 1.97 bits per heavy atom. The summed E-state index contributed by atoms with van der Waals surface area (Å²) in [5.41, 5.74) is 9.90. The maximum atomic E-state index is 12.1. The first-order valence-corrected chi connectivity index (χ1v) is 12.6. The number of nitrogens with zero attached hydrogens (tertiary/aromatic N) is 3. The van der Waals surface area contributed by atoms with Gasteiger partial charge >= 0.3 is 0 Å². The fourth-order valence-corrected chi connectivity index (χ4v) is 4.94. The van der Waals surface area contributed by atoms with E-state index in [0.717, 1.165) is 58.5 Å². The summed E-state index contributed by atoms with van der Waals surface area (Å²) in [6.45, 7) is 6.26. The first kappa shape index (κ1) is 24.9. The number of aliphatic hydroxyl groups is 1. The number of nitrogens with two attached hydrogens (primary N) is 1. The molecule has 8 nitrogen and oxygen atoms in total. The SMILES string of the molecule is Cc1cc2c(C(N)=O)cccc2n1-c1nc(NCc2ccccc2)c2c(n1)[C@@H](OCC(C)(C)O)CCC2. The van der Waals surface area contributed by atoms with Crippen LogP contribution in [0.15, 0.2) is 54.6 Å². The van der Waals surface area contributed by atoms with Crippen LogP contribution < -0.4 is 11.1 Å². The van der Waals surface area contributed by atoms with Crippen molar-refractivity contribution in [2.75, 3.05) is 11.9 Å². The number of fused-ring (bicyclic) bond motifs is 2. The van der Waals surface area contributed by atoms with Gasteiger partial charge in [0.2, 0.25) is 11.9 Å². The summed E-state index contributed by atoms with van der Waals surface area (Å²) in [6, 6.07) is 17.6. The Bertz CT molecular complexity index is 1440. The van der Waals surface area contributed by atoms with E-state index in [1.807, 2.05) is 47.9 Å². The molecule has 1 aliphatic carbocycles. The van der Waals surface area contributed by atoms with Crippen molar-refractivity contribution < 1.29 is 14.6 Å². The van der Waals surface area contributed by atoms with Crippen molar-refractivity contribution in [3.63, 3.8) is 0 Å². The molecule has 0 unspecified atom stereocenters. The van der Waals surface area contributed by atoms with Crippen LogP contribution in [-0.2, 0) is 17.7 Å². The maximum absolute atomic E-state index is 12.1. The minimum atomic E-state index is -0.944. The second kappa shape index (κ2) is 9.95. The molecular formula is C29H33N5O3. The zero-order chi connectivity index (χ0) is 26.2. The Morgan fingerprint density at radius 3 is 2.70 bits per heavy atom. The number of aromatic nitrogens is 3. The number of hydrogen-bond donors (Lipinski definition) is 3. The van der Waals surface area contributed by atoms with E-state index in [9.17, 15) is 9.90 Å². The summed E-state index contributed by atoms with van der Waals surface area (Å²) >= 11 is 0. The number of aryl methyl sites for hydroxylation is 1. The molecule has 0 fully saturated rings. The fraction of sp³-hybridized carbons (Fsp3) is 0.345. The number of hydrogen-bond acceptors (Lipinski definition) is 6. The average Bonchev–Trinajstić information content (AvgIpc) is 3.21. The van der Waals surface area contributed by atoms with Crippen LogP contribution in [0.1, 0.15) is 65.7 Å². The number of amides is 1. The molecule has 1 aliphatic rings. The summed E-state index contributed by atoms with van der Waals surface area (Å²) in [4.78, 5) is 22.1. The van der Waals surface area contributed by atoms with Crippen molar-refractivity contribution in [1.29, 1.82) is 0 Å². The zero-order valence-electron chi connectivity index (χ0n) is 21.5. The minimum absolute atomic E-state index is 0.205. The molecule has 192 valence electrons. The van der Waals surface area contributed by atoms with Crippen molar-refractivity contribution in [3.05, 3.63) is 82.7 Å². The predicted octanol–water partition coefficient (Wildman–Crippen LogP) is 4.60. The Labute approximate surface area is 216 Å². The van der Waals surface area contributed by atoms with Crippen molar-refractivity contribution in [3.8, 4) is 5.95 Å². The molecule has 2 aromatic heterocycles. The van der Waals surface area contributed by atoms with E-state index < -0.39 is 11.5 Å². The molecule has 0 saturated carbocycles. The van der Waals surface area contributed by atoms with Crippen LogP contribution in [0.2, 0.25) is 0 Å². The van der Waals surface area contributed by atoms with Crippen molar-refractivity contribution in [2.24, 2.45) is 5.73 Å². The molecular weight excluding hydrogens is 466 g/mol. The molecule has 0 spiro atoms. The quantitative estimate of drug-likeness (QED) is 0.326. The molecule has 4 aromatic rings. The van der Waals surface area contributed by atoms with Gasteiger partial charge in [0.05, 0.1) is 23.4 Å². The second-order valence-electron chi connectivity index (χ2n) is 10.3. The number of benzene rings is 2. The van der Waals surface area contributed by atoms with Crippen LogP contribution in [0.4, 0.5) is 5.82 Å². The lowest BCUT2D eigenvalue weighted by Crippen LogP contribution is -2.29. The Balaban J connectivity index is 1.63. The molecule has 1 atom stereocenters. The van der Waals surface area contributed by atoms with Gasteiger partial charge in [-0.3, -0.25) is 9.36 Å². The van der Waals surface area contributed by atoms with E-state index in [1.54, 1.807) is 19.9 Å². The van der Waals surface area contributed by atoms with Crippen LogP contribution >= 0.6 is 0 Å². The lowest BCUT2D eigenvalue weighted by molar-refractivity contribution is -0.0600. The molecule has 4 N–H and O–H groups in total. The highest BCUT2D eigenvalue weighted by molar-refractivity contribution is 6.06. The fourth-order valence-electron chi connectivity index (χ4n) is 4.94. The summed E-state index contributed by atoms with van der Waals surface area (Å²) in [7, 11) is 0. The van der Waals surface area contributed by atoms with E-state index in [4.69, 9.17) is 20.4 Å². The van der Waals surface area contributed by atoms with E-state index >= 15 is 0 Å². The topological polar surface area (TPSA) is 115 Å². The van der Waals surface area contributed by atoms with Gasteiger partial charge in [-0.2, -0.15) is 4.98 Å². The second-order valence-corrected chi connectivity index (χ2v) is 10.3. The van der Waals surface area contributed by atoms with Crippen molar-refractivity contribution in [1.82, 2.24) is 14.5 Å². The lowest BCUT2D eigenvalue weighted by atomic mass is 9.93. The number of anilines is 1. The largest absolute Gasteiger partial charge is 0.388 e. The van der Waals surface area contributed by atoms with Crippen LogP contribution in [0.5, 0.6) is 0 Å². The molecule has 0 bridgehead atoms. The average molecular weight is 500 g/mol. The Morgan fingerprint density at radius 1 is 1.19 bits per heavy atom. The minimum Gasteiger partial charge on any atom is -0.388 e. The molecule has 5 rings (SSSR count). The van der Waals surface area contributed by atoms with Crippen molar-refractivity contribution >= 4 is 22.6 Å². The van der Waals surface area contributed by atoms with Gasteiger partial charge in [0.25, 0.3) is 0 Å². The molecule has 1 amide bonds. The maximum Gasteiger partial charge on any atom is 0.249 e. The summed E-state index contributed by atoms with van der Waals surface area (Å²) in [5, 5.41) is 14.6. The summed E-state index contributed by atoms with van der Waals surface area (Å²) < 4.78 is 8.15. The molecule has 8 heteroatoms. The van der Waals surface area contributed by atoms with Crippen LogP contribution in [0.25, 0.3) is 16.9 Å². The third kappa shape index (κ3) is 5.21. The van der Waals surface area contributed by atoms with E-state index in [1.165, 1.54) is 0 Å². The first-order valence-electron chi connectivity index (χ1n) is 12.6. The van der Waals surface area contributed by atoms with Gasteiger partial charge in [0.1, 0.15) is 11.9 Å². The highest BCUT2D eigenvalue weighted by Crippen LogP contribution is 2.36. The van der Waals surface area contributed by atoms with Crippen molar-refractivity contribution in [2.45, 2.75) is 58.3 Å². The highest BCUT2D eigenvalue weighted by Gasteiger charge is 2.29. The molecule has 2 aromatic carbocycles. The number of nitrogens with one attached hydrogen (secondary N) is 1. The van der Waals surface area contributed by atoms with Crippen LogP contribution in [-0.4, -0.2) is 37.8 Å². The van der Waals surface area contributed by atoms with Gasteiger partial charge in [-0.25, -0.2) is 4.98 Å². The van der Waals surface area contributed by atoms with Crippen LogP contribution in [0, 0.1) is 6.92 Å². The van der Waals surface area contributed by atoms with E-state index in [2.05, 4.69) is 17.4 Å². The van der Waals surface area contributed by atoms with Gasteiger partial charge in [0.15, 0.2) is 0 Å². The number of carbonyl (C=O) groups excluding carboxylic acids is 1. The zero-order valence-corrected chi connectivity index (χ0v) is 21.5. The van der Waals surface area contributed by atoms with E-state index in [0.29, 0.717) is 18.1 Å². The molecule has 0 radical (unpaired) electrons. The first-order chi connectivity index (χ1) is 17.7. The summed E-state index contributed by atoms with van der Waals surface area (Å²) in [6.07, 6.45) is 2.35. The Kier molecular flexibility index (Phi) is 6.70. The lowest BCUT2D eigenvalue weighted by Gasteiger charge is -2.29. The molecule has 0 saturated heterocycles. The number of carbonyl (C=O) groups is 1. The van der Waals surface area contributed by atoms with Gasteiger partial charge in [0, 0.05) is 28.8 Å². The monoisotopic (exact) mass is 499 g/mol. The predicted molar refractivity (Wildman–Crippen MR) is 144 cm³/mol. The third-order valence-corrected chi connectivity index (χ3v) is 6.66. The van der Waals surface area contributed by atoms with Gasteiger partial charge in [-0.05, 0) is 63.8 Å². The van der Waals surface area contributed by atoms with Gasteiger partial charge in [-0.15, -0.1) is 0 Å². The standard InChI is InChI=1S/C29H33N5O3/c1-18-15-22-20(26(30)35)11-7-13-23(22)34(18)28-32-25-21(12-8-14-24(25)37-17-29(2,3)36)27(33-28)31-16-19-9-5-4-6-10-19/h4-7,9-11,13,15,24,36H,8,12,14,16-17H2,1-3H3,(H2,30,35)(H,31,32,33)/t24-/m0/s1. The molecule has 0 aliphatic heterocycles. The Hall–Kier alpha value is -3.75. The third-order valence-electron chi connectivity index (χ3n) is 6.66. The van der Waals surface area contributed by atoms with E-state index in [-0.39, 0.29) is 12.7 Å². The van der Waals surface area contributed by atoms with Gasteiger partial charge in [-0.1, -0.05) is 36.4 Å². The smallest absolute Gasteiger partial charge is 0.249 e. The summed E-state index contributed by atoms with van der Waals surface area (Å²) in [5.74, 6) is 0.800. The number of primary amides is 1. The highest BCUT2D eigenvalue weighted by atomic mass is 16.5. The van der Waals surface area contributed by atoms with Gasteiger partial charge < -0.3 is 20.9 Å². The molecule has 37 heavy (non-hydrogen) atoms. The molecule has 2 heterocycles. The normalized spacial score (nSPS) is 15.5. The number of rotatable bonds is 8. The number of ether oxygens (including phenoxy) is 1. The van der Waals surface area contributed by atoms with Crippen LogP contribution in [0.3, 0.4) is 0 Å².